The Kier molecular flexibility index (Phi) is 4.76. The third-order valence-corrected chi connectivity index (χ3v) is 3.15. The largest absolute Gasteiger partial charge is 0.488 e. The van der Waals surface area contributed by atoms with Gasteiger partial charge < -0.3 is 20.3 Å². The molecular formula is C14H19NO4. The summed E-state index contributed by atoms with van der Waals surface area (Å²) in [5.41, 5.74) is 6.88. The molecule has 0 radical (unpaired) electrons. The molecule has 0 bridgehead atoms. The summed E-state index contributed by atoms with van der Waals surface area (Å²) < 4.78 is 11.1. The van der Waals surface area contributed by atoms with Crippen LogP contribution in [0.1, 0.15) is 30.9 Å². The number of hydrogen-bond acceptors (Lipinski definition) is 4. The number of nitrogens with two attached hydrogens (primary N) is 1. The van der Waals surface area contributed by atoms with Crippen LogP contribution in [-0.2, 0) is 9.53 Å². The number of aliphatic carboxylic acids is 1. The van der Waals surface area contributed by atoms with Crippen LogP contribution < -0.4 is 10.5 Å². The molecule has 2 atom stereocenters. The van der Waals surface area contributed by atoms with Crippen LogP contribution in [0, 0.1) is 0 Å². The van der Waals surface area contributed by atoms with Crippen molar-refractivity contribution in [1.29, 1.82) is 0 Å². The van der Waals surface area contributed by atoms with Crippen molar-refractivity contribution in [2.75, 3.05) is 13.2 Å². The minimum absolute atomic E-state index is 0.0721. The molecule has 1 aromatic rings. The van der Waals surface area contributed by atoms with Crippen molar-refractivity contribution in [3.8, 4) is 5.75 Å². The molecule has 1 aromatic carbocycles. The Bertz CT molecular complexity index is 429. The molecule has 1 aliphatic rings. The van der Waals surface area contributed by atoms with Crippen molar-refractivity contribution in [3.63, 3.8) is 0 Å². The number of carboxylic acid groups (broad SMARTS) is 1. The van der Waals surface area contributed by atoms with E-state index in [9.17, 15) is 4.79 Å². The highest BCUT2D eigenvalue weighted by Crippen LogP contribution is 2.23. The maximum Gasteiger partial charge on any atom is 0.303 e. The molecule has 1 heterocycles. The summed E-state index contributed by atoms with van der Waals surface area (Å²) in [4.78, 5) is 10.5. The van der Waals surface area contributed by atoms with E-state index in [0.717, 1.165) is 24.3 Å². The van der Waals surface area contributed by atoms with E-state index < -0.39 is 5.97 Å². The molecule has 19 heavy (non-hydrogen) atoms. The lowest BCUT2D eigenvalue weighted by molar-refractivity contribution is -0.137. The minimum atomic E-state index is -0.828. The smallest absolute Gasteiger partial charge is 0.303 e. The van der Waals surface area contributed by atoms with Gasteiger partial charge in [0.1, 0.15) is 11.9 Å². The molecule has 5 heteroatoms. The number of benzene rings is 1. The van der Waals surface area contributed by atoms with E-state index in [2.05, 4.69) is 0 Å². The van der Waals surface area contributed by atoms with Gasteiger partial charge in [-0.1, -0.05) is 12.1 Å². The fraction of sp³-hybridized carbons (Fsp3) is 0.500. The first-order valence-corrected chi connectivity index (χ1v) is 6.47. The standard InChI is InChI=1S/C14H19NO4/c15-13(4-5-14(16)17)10-2-1-3-11(8-10)19-12-6-7-18-9-12/h1-3,8,12-13H,4-7,9,15H2,(H,16,17). The van der Waals surface area contributed by atoms with E-state index in [0.29, 0.717) is 13.0 Å². The molecule has 0 spiro atoms. The lowest BCUT2D eigenvalue weighted by Crippen LogP contribution is -2.16. The van der Waals surface area contributed by atoms with Crippen molar-refractivity contribution in [2.24, 2.45) is 5.73 Å². The predicted molar refractivity (Wildman–Crippen MR) is 70.1 cm³/mol. The van der Waals surface area contributed by atoms with Crippen LogP contribution >= 0.6 is 0 Å². The van der Waals surface area contributed by atoms with Crippen molar-refractivity contribution < 1.29 is 19.4 Å². The summed E-state index contributed by atoms with van der Waals surface area (Å²) in [6.07, 6.45) is 1.49. The maximum absolute atomic E-state index is 10.5. The normalized spacial score (nSPS) is 20.2. The van der Waals surface area contributed by atoms with Crippen molar-refractivity contribution >= 4 is 5.97 Å². The van der Waals surface area contributed by atoms with Crippen LogP contribution in [0.3, 0.4) is 0 Å². The van der Waals surface area contributed by atoms with Gasteiger partial charge >= 0.3 is 5.97 Å². The van der Waals surface area contributed by atoms with Crippen LogP contribution in [0.4, 0.5) is 0 Å². The monoisotopic (exact) mass is 265 g/mol. The van der Waals surface area contributed by atoms with Crippen molar-refractivity contribution in [3.05, 3.63) is 29.8 Å². The van der Waals surface area contributed by atoms with Gasteiger partial charge in [0.25, 0.3) is 0 Å². The van der Waals surface area contributed by atoms with Gasteiger partial charge in [0.05, 0.1) is 13.2 Å². The Morgan fingerprint density at radius 3 is 3.11 bits per heavy atom. The average molecular weight is 265 g/mol. The fourth-order valence-corrected chi connectivity index (χ4v) is 2.06. The van der Waals surface area contributed by atoms with Crippen LogP contribution in [0.5, 0.6) is 5.75 Å². The summed E-state index contributed by atoms with van der Waals surface area (Å²) in [5, 5.41) is 8.66. The molecule has 1 fully saturated rings. The molecule has 0 aliphatic carbocycles. The summed E-state index contributed by atoms with van der Waals surface area (Å²) in [6.45, 7) is 1.36. The first kappa shape index (κ1) is 13.8. The zero-order valence-corrected chi connectivity index (χ0v) is 10.7. The molecule has 0 amide bonds. The highest BCUT2D eigenvalue weighted by Gasteiger charge is 2.17. The zero-order chi connectivity index (χ0) is 13.7. The average Bonchev–Trinajstić information content (AvgIpc) is 2.89. The van der Waals surface area contributed by atoms with Crippen LogP contribution in [0.25, 0.3) is 0 Å². The highest BCUT2D eigenvalue weighted by molar-refractivity contribution is 5.66. The number of hydrogen-bond donors (Lipinski definition) is 2. The van der Waals surface area contributed by atoms with E-state index in [-0.39, 0.29) is 18.6 Å². The molecule has 1 aliphatic heterocycles. The lowest BCUT2D eigenvalue weighted by Gasteiger charge is -2.15. The third-order valence-electron chi connectivity index (χ3n) is 3.15. The topological polar surface area (TPSA) is 81.8 Å². The van der Waals surface area contributed by atoms with Gasteiger partial charge in [-0.3, -0.25) is 4.79 Å². The molecule has 0 aromatic heterocycles. The van der Waals surface area contributed by atoms with Gasteiger partial charge in [-0.05, 0) is 24.1 Å². The van der Waals surface area contributed by atoms with Gasteiger partial charge in [-0.2, -0.15) is 0 Å². The Hall–Kier alpha value is -1.59. The summed E-state index contributed by atoms with van der Waals surface area (Å²) in [5.74, 6) is -0.0651. The summed E-state index contributed by atoms with van der Waals surface area (Å²) in [6, 6.07) is 7.25. The second-order valence-electron chi connectivity index (χ2n) is 4.71. The fourth-order valence-electron chi connectivity index (χ4n) is 2.06. The summed E-state index contributed by atoms with van der Waals surface area (Å²) >= 11 is 0. The summed E-state index contributed by atoms with van der Waals surface area (Å²) in [7, 11) is 0. The molecule has 5 nitrogen and oxygen atoms in total. The van der Waals surface area contributed by atoms with E-state index in [1.807, 2.05) is 24.3 Å². The van der Waals surface area contributed by atoms with Gasteiger partial charge in [-0.15, -0.1) is 0 Å². The quantitative estimate of drug-likeness (QED) is 0.818. The first-order valence-electron chi connectivity index (χ1n) is 6.47. The zero-order valence-electron chi connectivity index (χ0n) is 10.7. The van der Waals surface area contributed by atoms with Gasteiger partial charge in [-0.25, -0.2) is 0 Å². The second-order valence-corrected chi connectivity index (χ2v) is 4.71. The minimum Gasteiger partial charge on any atom is -0.488 e. The van der Waals surface area contributed by atoms with Crippen LogP contribution in [0.2, 0.25) is 0 Å². The predicted octanol–water partition coefficient (Wildman–Crippen LogP) is 1.72. The van der Waals surface area contributed by atoms with Crippen LogP contribution in [0.15, 0.2) is 24.3 Å². The molecule has 2 unspecified atom stereocenters. The third kappa shape index (κ3) is 4.22. The number of carboxylic acids is 1. The first-order chi connectivity index (χ1) is 9.15. The van der Waals surface area contributed by atoms with E-state index in [4.69, 9.17) is 20.3 Å². The number of ether oxygens (including phenoxy) is 2. The molecule has 1 saturated heterocycles. The van der Waals surface area contributed by atoms with E-state index in [1.165, 1.54) is 0 Å². The van der Waals surface area contributed by atoms with Crippen LogP contribution in [-0.4, -0.2) is 30.4 Å². The molecule has 2 rings (SSSR count). The van der Waals surface area contributed by atoms with Gasteiger partial charge in [0, 0.05) is 18.9 Å². The molecular weight excluding hydrogens is 246 g/mol. The molecule has 104 valence electrons. The lowest BCUT2D eigenvalue weighted by atomic mass is 10.0. The van der Waals surface area contributed by atoms with Gasteiger partial charge in [0.2, 0.25) is 0 Å². The Morgan fingerprint density at radius 1 is 1.58 bits per heavy atom. The Balaban J connectivity index is 1.95. The van der Waals surface area contributed by atoms with E-state index >= 15 is 0 Å². The van der Waals surface area contributed by atoms with E-state index in [1.54, 1.807) is 0 Å². The van der Waals surface area contributed by atoms with Crippen molar-refractivity contribution in [2.45, 2.75) is 31.4 Å². The second kappa shape index (κ2) is 6.54. The SMILES string of the molecule is NC(CCC(=O)O)c1cccc(OC2CCOC2)c1. The highest BCUT2D eigenvalue weighted by atomic mass is 16.5. The Morgan fingerprint density at radius 2 is 2.42 bits per heavy atom. The maximum atomic E-state index is 10.5. The number of carbonyl (C=O) groups is 1. The number of rotatable bonds is 6. The molecule has 0 saturated carbocycles. The van der Waals surface area contributed by atoms with Gasteiger partial charge in [0.15, 0.2) is 0 Å². The van der Waals surface area contributed by atoms with Crippen molar-refractivity contribution in [1.82, 2.24) is 0 Å². The molecule has 3 N–H and O–H groups in total. The Labute approximate surface area is 112 Å².